The maximum absolute atomic E-state index is 6.22. The first kappa shape index (κ1) is 12.3. The van der Waals surface area contributed by atoms with Crippen LogP contribution in [0.2, 0.25) is 0 Å². The minimum absolute atomic E-state index is 0.0385. The van der Waals surface area contributed by atoms with Gasteiger partial charge in [-0.3, -0.25) is 4.68 Å². The lowest BCUT2D eigenvalue weighted by Gasteiger charge is -2.34. The van der Waals surface area contributed by atoms with Crippen LogP contribution >= 0.6 is 0 Å². The molecule has 1 unspecified atom stereocenters. The average molecular weight is 257 g/mol. The lowest BCUT2D eigenvalue weighted by atomic mass is 9.74. The van der Waals surface area contributed by atoms with Gasteiger partial charge in [-0.25, -0.2) is 9.97 Å². The van der Waals surface area contributed by atoms with Crippen LogP contribution in [0.15, 0.2) is 18.5 Å². The summed E-state index contributed by atoms with van der Waals surface area (Å²) in [4.78, 5) is 9.08. The molecule has 2 heterocycles. The zero-order valence-electron chi connectivity index (χ0n) is 11.6. The molecule has 2 N–H and O–H groups in total. The molecule has 1 aliphatic rings. The van der Waals surface area contributed by atoms with Crippen LogP contribution in [0.5, 0.6) is 0 Å². The fourth-order valence-corrected chi connectivity index (χ4v) is 2.77. The van der Waals surface area contributed by atoms with Gasteiger partial charge in [0.25, 0.3) is 0 Å². The molecule has 5 nitrogen and oxygen atoms in total. The van der Waals surface area contributed by atoms with E-state index in [0.717, 1.165) is 29.8 Å². The molecule has 0 bridgehead atoms. The fraction of sp³-hybridized carbons (Fsp3) is 0.500. The first-order chi connectivity index (χ1) is 8.94. The summed E-state index contributed by atoms with van der Waals surface area (Å²) in [7, 11) is 1.89. The molecule has 2 aromatic heterocycles. The zero-order chi connectivity index (χ0) is 13.6. The number of nitrogens with zero attached hydrogens (tertiary/aromatic N) is 4. The monoisotopic (exact) mass is 257 g/mol. The molecule has 0 aromatic carbocycles. The molecule has 0 saturated heterocycles. The van der Waals surface area contributed by atoms with E-state index in [4.69, 9.17) is 5.73 Å². The predicted octanol–water partition coefficient (Wildman–Crippen LogP) is 1.85. The first-order valence-corrected chi connectivity index (χ1v) is 6.56. The van der Waals surface area contributed by atoms with Crippen LogP contribution in [0.25, 0.3) is 11.5 Å². The van der Waals surface area contributed by atoms with Gasteiger partial charge < -0.3 is 5.73 Å². The molecule has 100 valence electrons. The molecule has 0 radical (unpaired) electrons. The van der Waals surface area contributed by atoms with Crippen molar-refractivity contribution in [2.24, 2.45) is 18.2 Å². The molecule has 19 heavy (non-hydrogen) atoms. The highest BCUT2D eigenvalue weighted by Crippen LogP contribution is 2.38. The van der Waals surface area contributed by atoms with Crippen molar-refractivity contribution in [2.75, 3.05) is 0 Å². The average Bonchev–Trinajstić information content (AvgIpc) is 2.73. The Hall–Kier alpha value is -1.75. The third kappa shape index (κ3) is 2.26. The molecule has 0 spiro atoms. The van der Waals surface area contributed by atoms with Gasteiger partial charge in [-0.15, -0.1) is 0 Å². The van der Waals surface area contributed by atoms with Crippen LogP contribution in [0.3, 0.4) is 0 Å². The highest BCUT2D eigenvalue weighted by Gasteiger charge is 2.31. The van der Waals surface area contributed by atoms with E-state index in [1.807, 2.05) is 25.5 Å². The predicted molar refractivity (Wildman–Crippen MR) is 73.3 cm³/mol. The Morgan fingerprint density at radius 3 is 2.89 bits per heavy atom. The maximum atomic E-state index is 6.22. The van der Waals surface area contributed by atoms with Crippen LogP contribution in [-0.2, 0) is 13.5 Å². The topological polar surface area (TPSA) is 69.6 Å². The summed E-state index contributed by atoms with van der Waals surface area (Å²) >= 11 is 0. The lowest BCUT2D eigenvalue weighted by Crippen LogP contribution is -2.30. The number of fused-ring (bicyclic) bond motifs is 1. The largest absolute Gasteiger partial charge is 0.324 e. The molecule has 3 rings (SSSR count). The van der Waals surface area contributed by atoms with Crippen molar-refractivity contribution in [1.82, 2.24) is 19.7 Å². The van der Waals surface area contributed by atoms with Crippen LogP contribution in [0, 0.1) is 5.41 Å². The Labute approximate surface area is 112 Å². The van der Waals surface area contributed by atoms with Crippen molar-refractivity contribution in [1.29, 1.82) is 0 Å². The normalized spacial score (nSPS) is 21.2. The smallest absolute Gasteiger partial charge is 0.180 e. The summed E-state index contributed by atoms with van der Waals surface area (Å²) in [5, 5.41) is 4.35. The molecular formula is C14H19N5. The van der Waals surface area contributed by atoms with Crippen LogP contribution in [0.1, 0.15) is 37.6 Å². The quantitative estimate of drug-likeness (QED) is 0.846. The molecule has 2 aromatic rings. The number of hydrogen-bond donors (Lipinski definition) is 1. The van der Waals surface area contributed by atoms with Gasteiger partial charge in [-0.05, 0) is 24.3 Å². The molecule has 5 heteroatoms. The summed E-state index contributed by atoms with van der Waals surface area (Å²) in [5.74, 6) is 0.684. The Bertz CT molecular complexity index is 614. The van der Waals surface area contributed by atoms with E-state index in [1.54, 1.807) is 4.68 Å². The SMILES string of the molecule is Cn1ccc(-c2ncc3c(n2)CC(C)(C)CC3N)n1. The van der Waals surface area contributed by atoms with Crippen molar-refractivity contribution < 1.29 is 0 Å². The lowest BCUT2D eigenvalue weighted by molar-refractivity contribution is 0.278. The number of aryl methyl sites for hydroxylation is 1. The summed E-state index contributed by atoms with van der Waals surface area (Å²) in [6, 6.07) is 1.96. The van der Waals surface area contributed by atoms with Gasteiger partial charge in [-0.2, -0.15) is 5.10 Å². The van der Waals surface area contributed by atoms with E-state index in [0.29, 0.717) is 5.82 Å². The minimum Gasteiger partial charge on any atom is -0.324 e. The summed E-state index contributed by atoms with van der Waals surface area (Å²) in [5.41, 5.74) is 9.37. The highest BCUT2D eigenvalue weighted by molar-refractivity contribution is 5.49. The van der Waals surface area contributed by atoms with E-state index in [2.05, 4.69) is 28.9 Å². The number of aromatic nitrogens is 4. The van der Waals surface area contributed by atoms with Crippen molar-refractivity contribution in [2.45, 2.75) is 32.7 Å². The molecule has 1 aliphatic carbocycles. The highest BCUT2D eigenvalue weighted by atomic mass is 15.3. The van der Waals surface area contributed by atoms with Gasteiger partial charge in [0.2, 0.25) is 0 Å². The number of hydrogen-bond acceptors (Lipinski definition) is 4. The van der Waals surface area contributed by atoms with Crippen molar-refractivity contribution in [3.05, 3.63) is 29.7 Å². The molecule has 0 fully saturated rings. The minimum atomic E-state index is 0.0385. The van der Waals surface area contributed by atoms with Crippen molar-refractivity contribution >= 4 is 0 Å². The second-order valence-electron chi connectivity index (χ2n) is 6.12. The molecule has 0 saturated carbocycles. The van der Waals surface area contributed by atoms with Gasteiger partial charge in [0.15, 0.2) is 5.82 Å². The van der Waals surface area contributed by atoms with Gasteiger partial charge in [-0.1, -0.05) is 13.8 Å². The van der Waals surface area contributed by atoms with E-state index in [9.17, 15) is 0 Å². The standard InChI is InChI=1S/C14H19N5/c1-14(2)6-10(15)9-8-16-13(17-12(9)7-14)11-4-5-19(3)18-11/h4-5,8,10H,6-7,15H2,1-3H3. The molecule has 1 atom stereocenters. The maximum Gasteiger partial charge on any atom is 0.180 e. The van der Waals surface area contributed by atoms with E-state index < -0.39 is 0 Å². The van der Waals surface area contributed by atoms with Crippen molar-refractivity contribution in [3.63, 3.8) is 0 Å². The first-order valence-electron chi connectivity index (χ1n) is 6.56. The third-order valence-electron chi connectivity index (χ3n) is 3.66. The van der Waals surface area contributed by atoms with Crippen molar-refractivity contribution in [3.8, 4) is 11.5 Å². The Morgan fingerprint density at radius 1 is 1.42 bits per heavy atom. The number of rotatable bonds is 1. The second-order valence-corrected chi connectivity index (χ2v) is 6.12. The fourth-order valence-electron chi connectivity index (χ4n) is 2.77. The molecule has 0 amide bonds. The third-order valence-corrected chi connectivity index (χ3v) is 3.66. The number of nitrogens with two attached hydrogens (primary N) is 1. The van der Waals surface area contributed by atoms with E-state index >= 15 is 0 Å². The Morgan fingerprint density at radius 2 is 2.21 bits per heavy atom. The van der Waals surface area contributed by atoms with Crippen LogP contribution in [-0.4, -0.2) is 19.7 Å². The molecule has 0 aliphatic heterocycles. The Kier molecular flexibility index (Phi) is 2.67. The molecular weight excluding hydrogens is 238 g/mol. The van der Waals surface area contributed by atoms with Gasteiger partial charge in [0.1, 0.15) is 5.69 Å². The zero-order valence-corrected chi connectivity index (χ0v) is 11.6. The van der Waals surface area contributed by atoms with Crippen LogP contribution in [0.4, 0.5) is 0 Å². The van der Waals surface area contributed by atoms with Gasteiger partial charge in [0, 0.05) is 36.7 Å². The summed E-state index contributed by atoms with van der Waals surface area (Å²) in [6.07, 6.45) is 5.69. The van der Waals surface area contributed by atoms with E-state index in [-0.39, 0.29) is 11.5 Å². The van der Waals surface area contributed by atoms with E-state index in [1.165, 1.54) is 0 Å². The van der Waals surface area contributed by atoms with Gasteiger partial charge >= 0.3 is 0 Å². The Balaban J connectivity index is 2.04. The summed E-state index contributed by atoms with van der Waals surface area (Å²) in [6.45, 7) is 4.47. The second kappa shape index (κ2) is 4.13. The summed E-state index contributed by atoms with van der Waals surface area (Å²) < 4.78 is 1.76. The van der Waals surface area contributed by atoms with Crippen LogP contribution < -0.4 is 5.73 Å². The van der Waals surface area contributed by atoms with Gasteiger partial charge in [0.05, 0.1) is 0 Å².